The van der Waals surface area contributed by atoms with Gasteiger partial charge < -0.3 is 19.7 Å². The Morgan fingerprint density at radius 3 is 2.56 bits per heavy atom. The zero-order valence-electron chi connectivity index (χ0n) is 22.7. The Kier molecular flexibility index (Phi) is 7.38. The molecule has 4 aromatic rings. The van der Waals surface area contributed by atoms with E-state index in [4.69, 9.17) is 0 Å². The number of rotatable bonds is 8. The summed E-state index contributed by atoms with van der Waals surface area (Å²) in [5.41, 5.74) is 1.30. The lowest BCUT2D eigenvalue weighted by Gasteiger charge is -2.27. The lowest BCUT2D eigenvalue weighted by molar-refractivity contribution is -0.137. The Bertz CT molecular complexity index is 1580. The van der Waals surface area contributed by atoms with E-state index in [1.165, 1.54) is 0 Å². The van der Waals surface area contributed by atoms with E-state index in [1.807, 2.05) is 67.0 Å². The van der Waals surface area contributed by atoms with Crippen LogP contribution in [-0.2, 0) is 22.7 Å². The highest BCUT2D eigenvalue weighted by molar-refractivity contribution is 7.09. The average Bonchev–Trinajstić information content (AvgIpc) is 3.47. The minimum atomic E-state index is -1.14. The summed E-state index contributed by atoms with van der Waals surface area (Å²) in [6, 6.07) is 15.4. The van der Waals surface area contributed by atoms with Gasteiger partial charge in [0.25, 0.3) is 5.56 Å². The van der Waals surface area contributed by atoms with Crippen LogP contribution < -0.4 is 20.7 Å². The number of benzene rings is 2. The topological polar surface area (TPSA) is 87.5 Å². The predicted octanol–water partition coefficient (Wildman–Crippen LogP) is 4.73. The highest BCUT2D eigenvalue weighted by Crippen LogP contribution is 2.38. The fourth-order valence-electron chi connectivity index (χ4n) is 5.19. The van der Waals surface area contributed by atoms with Gasteiger partial charge in [0.2, 0.25) is 11.8 Å². The van der Waals surface area contributed by atoms with Crippen molar-refractivity contribution in [1.82, 2.24) is 14.9 Å². The minimum Gasteiger partial charge on any atom is -0.315 e. The molecule has 2 aromatic heterocycles. The summed E-state index contributed by atoms with van der Waals surface area (Å²) >= 11 is 1.58. The van der Waals surface area contributed by atoms with Gasteiger partial charge in [0, 0.05) is 49.8 Å². The van der Waals surface area contributed by atoms with Crippen molar-refractivity contribution in [3.63, 3.8) is 0 Å². The molecule has 0 bridgehead atoms. The first-order valence-electron chi connectivity index (χ1n) is 13.2. The standard InChI is InChI=1S/C30H33N5O3S/c1-5-35-24-11-10-20(18-25(24)33(4)28(37)30(2,3)29(35)38)19-32-23(26-31-14-17-39-26)13-16-34-15-12-21-8-6-7-9-22(21)27(34)36/h6-12,14-15,17-18,23,32H,5,13,16,19H2,1-4H3. The molecular weight excluding hydrogens is 510 g/mol. The number of fused-ring (bicyclic) bond motifs is 2. The van der Waals surface area contributed by atoms with E-state index >= 15 is 0 Å². The summed E-state index contributed by atoms with van der Waals surface area (Å²) in [7, 11) is 1.73. The molecule has 0 fully saturated rings. The second kappa shape index (κ2) is 10.7. The Hall–Kier alpha value is -3.82. The molecule has 0 aliphatic carbocycles. The van der Waals surface area contributed by atoms with E-state index in [2.05, 4.69) is 10.3 Å². The summed E-state index contributed by atoms with van der Waals surface area (Å²) in [6.45, 7) is 6.85. The van der Waals surface area contributed by atoms with Crippen LogP contribution in [0.2, 0.25) is 0 Å². The number of nitrogens with one attached hydrogen (secondary N) is 1. The van der Waals surface area contributed by atoms with Crippen molar-refractivity contribution in [3.05, 3.63) is 87.2 Å². The van der Waals surface area contributed by atoms with Crippen molar-refractivity contribution in [2.45, 2.75) is 46.3 Å². The van der Waals surface area contributed by atoms with Crippen LogP contribution in [0.3, 0.4) is 0 Å². The van der Waals surface area contributed by atoms with Gasteiger partial charge in [-0.2, -0.15) is 0 Å². The summed E-state index contributed by atoms with van der Waals surface area (Å²) in [5, 5.41) is 8.17. The first-order chi connectivity index (χ1) is 18.7. The van der Waals surface area contributed by atoms with E-state index in [0.717, 1.165) is 21.6 Å². The molecule has 2 amide bonds. The van der Waals surface area contributed by atoms with Crippen molar-refractivity contribution < 1.29 is 9.59 Å². The molecule has 1 aliphatic heterocycles. The summed E-state index contributed by atoms with van der Waals surface area (Å²) in [4.78, 5) is 47.2. The molecule has 3 heterocycles. The zero-order valence-corrected chi connectivity index (χ0v) is 23.5. The maximum Gasteiger partial charge on any atom is 0.258 e. The number of aryl methyl sites for hydroxylation is 1. The molecule has 9 heteroatoms. The lowest BCUT2D eigenvalue weighted by Crippen LogP contribution is -2.47. The lowest BCUT2D eigenvalue weighted by atomic mass is 9.90. The average molecular weight is 544 g/mol. The van der Waals surface area contributed by atoms with Crippen LogP contribution in [0.4, 0.5) is 11.4 Å². The van der Waals surface area contributed by atoms with Crippen molar-refractivity contribution >= 4 is 45.3 Å². The van der Waals surface area contributed by atoms with Crippen LogP contribution in [0.1, 0.15) is 43.8 Å². The number of aromatic nitrogens is 2. The molecular formula is C30H33N5O3S. The Labute approximate surface area is 231 Å². The van der Waals surface area contributed by atoms with Crippen LogP contribution in [0, 0.1) is 5.41 Å². The highest BCUT2D eigenvalue weighted by Gasteiger charge is 2.45. The molecule has 2 aromatic carbocycles. The van der Waals surface area contributed by atoms with Gasteiger partial charge in [0.05, 0.1) is 17.4 Å². The number of carbonyl (C=O) groups is 2. The number of amides is 2. The Morgan fingerprint density at radius 2 is 1.82 bits per heavy atom. The summed E-state index contributed by atoms with van der Waals surface area (Å²) < 4.78 is 1.76. The van der Waals surface area contributed by atoms with Gasteiger partial charge in [0.15, 0.2) is 0 Å². The van der Waals surface area contributed by atoms with Gasteiger partial charge in [-0.25, -0.2) is 4.98 Å². The van der Waals surface area contributed by atoms with Gasteiger partial charge in [-0.15, -0.1) is 11.3 Å². The van der Waals surface area contributed by atoms with Gasteiger partial charge in [-0.05, 0) is 62.4 Å². The molecule has 1 unspecified atom stereocenters. The number of thiazole rings is 1. The molecule has 1 aliphatic rings. The van der Waals surface area contributed by atoms with Gasteiger partial charge in [0.1, 0.15) is 10.4 Å². The fraction of sp³-hybridized carbons (Fsp3) is 0.333. The Morgan fingerprint density at radius 1 is 1.03 bits per heavy atom. The molecule has 5 rings (SSSR count). The second-order valence-corrected chi connectivity index (χ2v) is 11.3. The van der Waals surface area contributed by atoms with Gasteiger partial charge in [-0.3, -0.25) is 14.4 Å². The number of hydrogen-bond donors (Lipinski definition) is 1. The van der Waals surface area contributed by atoms with E-state index in [0.29, 0.717) is 37.1 Å². The van der Waals surface area contributed by atoms with Crippen molar-refractivity contribution in [2.75, 3.05) is 23.4 Å². The molecule has 202 valence electrons. The number of nitrogens with zero attached hydrogens (tertiary/aromatic N) is 4. The molecule has 0 spiro atoms. The third-order valence-electron chi connectivity index (χ3n) is 7.47. The first kappa shape index (κ1) is 26.8. The van der Waals surface area contributed by atoms with Gasteiger partial charge >= 0.3 is 0 Å². The quantitative estimate of drug-likeness (QED) is 0.325. The summed E-state index contributed by atoms with van der Waals surface area (Å²) in [5.74, 6) is -0.421. The number of anilines is 2. The predicted molar refractivity (Wildman–Crippen MR) is 156 cm³/mol. The van der Waals surface area contributed by atoms with Crippen LogP contribution in [0.15, 0.2) is 71.1 Å². The van der Waals surface area contributed by atoms with Crippen molar-refractivity contribution in [2.24, 2.45) is 5.41 Å². The van der Waals surface area contributed by atoms with Crippen LogP contribution in [-0.4, -0.2) is 35.0 Å². The van der Waals surface area contributed by atoms with E-state index in [-0.39, 0.29) is 23.4 Å². The third-order valence-corrected chi connectivity index (χ3v) is 8.36. The van der Waals surface area contributed by atoms with Gasteiger partial charge in [-0.1, -0.05) is 24.3 Å². The molecule has 0 saturated heterocycles. The molecule has 0 saturated carbocycles. The monoisotopic (exact) mass is 543 g/mol. The number of pyridine rings is 1. The molecule has 8 nitrogen and oxygen atoms in total. The largest absolute Gasteiger partial charge is 0.315 e. The molecule has 39 heavy (non-hydrogen) atoms. The van der Waals surface area contributed by atoms with Crippen molar-refractivity contribution in [1.29, 1.82) is 0 Å². The number of carbonyl (C=O) groups excluding carboxylic acids is 2. The second-order valence-electron chi connectivity index (χ2n) is 10.4. The van der Waals surface area contributed by atoms with Crippen molar-refractivity contribution in [3.8, 4) is 0 Å². The molecule has 1 atom stereocenters. The Balaban J connectivity index is 1.37. The van der Waals surface area contributed by atoms with E-state index < -0.39 is 5.41 Å². The van der Waals surface area contributed by atoms with E-state index in [1.54, 1.807) is 52.8 Å². The highest BCUT2D eigenvalue weighted by atomic mass is 32.1. The fourth-order valence-corrected chi connectivity index (χ4v) is 5.94. The van der Waals surface area contributed by atoms with E-state index in [9.17, 15) is 14.4 Å². The van der Waals surface area contributed by atoms with Crippen LogP contribution in [0.25, 0.3) is 10.8 Å². The third kappa shape index (κ3) is 4.99. The van der Waals surface area contributed by atoms with Crippen LogP contribution in [0.5, 0.6) is 0 Å². The minimum absolute atomic E-state index is 0.00222. The summed E-state index contributed by atoms with van der Waals surface area (Å²) in [6.07, 6.45) is 4.32. The maximum atomic E-state index is 13.2. The smallest absolute Gasteiger partial charge is 0.258 e. The normalized spacial score (nSPS) is 15.9. The zero-order chi connectivity index (χ0) is 27.7. The number of hydrogen-bond acceptors (Lipinski definition) is 6. The SMILES string of the molecule is CCN1C(=O)C(C)(C)C(=O)N(C)c2cc(CNC(CCn3ccc4ccccc4c3=O)c3nccs3)ccc21. The first-order valence-corrected chi connectivity index (χ1v) is 14.0. The molecule has 1 N–H and O–H groups in total. The van der Waals surface area contributed by atoms with Crippen LogP contribution >= 0.6 is 11.3 Å². The maximum absolute atomic E-state index is 13.2. The molecule has 0 radical (unpaired) electrons.